The van der Waals surface area contributed by atoms with Gasteiger partial charge in [0, 0.05) is 12.6 Å². The summed E-state index contributed by atoms with van der Waals surface area (Å²) in [5.74, 6) is 0.834. The van der Waals surface area contributed by atoms with Gasteiger partial charge in [-0.3, -0.25) is 4.68 Å². The number of aryl methyl sites for hydroxylation is 1. The van der Waals surface area contributed by atoms with E-state index in [1.54, 1.807) is 10.9 Å². The quantitative estimate of drug-likeness (QED) is 0.856. The topological polar surface area (TPSA) is 53.1 Å². The maximum atomic E-state index is 5.90. The Morgan fingerprint density at radius 3 is 2.75 bits per heavy atom. The van der Waals surface area contributed by atoms with Gasteiger partial charge in [-0.25, -0.2) is 0 Å². The zero-order valence-electron chi connectivity index (χ0n) is 9.47. The van der Waals surface area contributed by atoms with E-state index in [-0.39, 0.29) is 0 Å². The van der Waals surface area contributed by atoms with E-state index in [9.17, 15) is 0 Å². The number of para-hydroxylation sites is 1. The van der Waals surface area contributed by atoms with Crippen molar-refractivity contribution in [1.29, 1.82) is 0 Å². The van der Waals surface area contributed by atoms with Gasteiger partial charge in [0.2, 0.25) is 0 Å². The molecule has 16 heavy (non-hydrogen) atoms. The summed E-state index contributed by atoms with van der Waals surface area (Å²) in [6.45, 7) is 2.60. The molecule has 1 heterocycles. The standard InChI is InChI=1S/C12H15N3O/c1-3-16-11-7-5-4-6-9(11)12-10(13)8-14-15(12)2/h4-8H,3,13H2,1-2H3. The fourth-order valence-electron chi connectivity index (χ4n) is 1.73. The number of benzene rings is 1. The predicted octanol–water partition coefficient (Wildman–Crippen LogP) is 2.07. The monoisotopic (exact) mass is 217 g/mol. The Kier molecular flexibility index (Phi) is 2.81. The number of nitrogen functional groups attached to an aromatic ring is 1. The molecule has 0 radical (unpaired) electrons. The molecular weight excluding hydrogens is 202 g/mol. The molecule has 84 valence electrons. The number of hydrogen-bond donors (Lipinski definition) is 1. The Hall–Kier alpha value is -1.97. The number of nitrogens with zero attached hydrogens (tertiary/aromatic N) is 2. The lowest BCUT2D eigenvalue weighted by molar-refractivity contribution is 0.341. The van der Waals surface area contributed by atoms with E-state index in [2.05, 4.69) is 5.10 Å². The Labute approximate surface area is 94.6 Å². The summed E-state index contributed by atoms with van der Waals surface area (Å²) < 4.78 is 7.33. The summed E-state index contributed by atoms with van der Waals surface area (Å²) in [5.41, 5.74) is 8.43. The summed E-state index contributed by atoms with van der Waals surface area (Å²) in [7, 11) is 1.87. The number of aromatic nitrogens is 2. The van der Waals surface area contributed by atoms with Gasteiger partial charge >= 0.3 is 0 Å². The molecule has 2 N–H and O–H groups in total. The van der Waals surface area contributed by atoms with Crippen molar-refractivity contribution in [1.82, 2.24) is 9.78 Å². The van der Waals surface area contributed by atoms with Crippen LogP contribution in [0.25, 0.3) is 11.3 Å². The van der Waals surface area contributed by atoms with Gasteiger partial charge in [0.05, 0.1) is 24.2 Å². The fourth-order valence-corrected chi connectivity index (χ4v) is 1.73. The lowest BCUT2D eigenvalue weighted by atomic mass is 10.1. The molecule has 0 aliphatic rings. The smallest absolute Gasteiger partial charge is 0.128 e. The first-order chi connectivity index (χ1) is 7.74. The largest absolute Gasteiger partial charge is 0.493 e. The Bertz CT molecular complexity index is 471. The normalized spacial score (nSPS) is 10.4. The van der Waals surface area contributed by atoms with Crippen LogP contribution in [0.1, 0.15) is 6.92 Å². The van der Waals surface area contributed by atoms with Gasteiger partial charge < -0.3 is 10.5 Å². The molecule has 0 saturated heterocycles. The summed E-state index contributed by atoms with van der Waals surface area (Å²) >= 11 is 0. The van der Waals surface area contributed by atoms with Crippen molar-refractivity contribution in [2.45, 2.75) is 6.92 Å². The molecule has 0 amide bonds. The molecule has 0 saturated carbocycles. The fraction of sp³-hybridized carbons (Fsp3) is 0.250. The SMILES string of the molecule is CCOc1ccccc1-c1c(N)cnn1C. The summed E-state index contributed by atoms with van der Waals surface area (Å²) in [4.78, 5) is 0. The van der Waals surface area contributed by atoms with Crippen molar-refractivity contribution in [2.24, 2.45) is 7.05 Å². The Balaban J connectivity index is 2.55. The van der Waals surface area contributed by atoms with Crippen LogP contribution in [0.2, 0.25) is 0 Å². The molecule has 0 aliphatic carbocycles. The molecule has 0 unspecified atom stereocenters. The van der Waals surface area contributed by atoms with Gasteiger partial charge in [-0.15, -0.1) is 0 Å². The van der Waals surface area contributed by atoms with Crippen molar-refractivity contribution >= 4 is 5.69 Å². The Morgan fingerprint density at radius 1 is 1.38 bits per heavy atom. The van der Waals surface area contributed by atoms with Crippen LogP contribution in [0.15, 0.2) is 30.5 Å². The number of rotatable bonds is 3. The molecule has 0 atom stereocenters. The second-order valence-electron chi connectivity index (χ2n) is 3.50. The van der Waals surface area contributed by atoms with E-state index in [0.717, 1.165) is 17.0 Å². The maximum absolute atomic E-state index is 5.90. The average Bonchev–Trinajstić information content (AvgIpc) is 2.60. The zero-order valence-corrected chi connectivity index (χ0v) is 9.47. The van der Waals surface area contributed by atoms with Crippen LogP contribution in [0.5, 0.6) is 5.75 Å². The van der Waals surface area contributed by atoms with Crippen molar-refractivity contribution in [2.75, 3.05) is 12.3 Å². The summed E-state index contributed by atoms with van der Waals surface area (Å²) in [5, 5.41) is 4.13. The summed E-state index contributed by atoms with van der Waals surface area (Å²) in [6.07, 6.45) is 1.65. The van der Waals surface area contributed by atoms with E-state index in [0.29, 0.717) is 12.3 Å². The molecule has 2 rings (SSSR count). The second kappa shape index (κ2) is 4.26. The second-order valence-corrected chi connectivity index (χ2v) is 3.50. The van der Waals surface area contributed by atoms with E-state index >= 15 is 0 Å². The van der Waals surface area contributed by atoms with E-state index in [4.69, 9.17) is 10.5 Å². The van der Waals surface area contributed by atoms with Gasteiger partial charge in [-0.2, -0.15) is 5.10 Å². The highest BCUT2D eigenvalue weighted by atomic mass is 16.5. The minimum Gasteiger partial charge on any atom is -0.493 e. The first-order valence-electron chi connectivity index (χ1n) is 5.23. The molecule has 2 aromatic rings. The van der Waals surface area contributed by atoms with Crippen molar-refractivity contribution < 1.29 is 4.74 Å². The third kappa shape index (κ3) is 1.74. The highest BCUT2D eigenvalue weighted by Gasteiger charge is 2.12. The molecule has 1 aromatic heterocycles. The number of hydrogen-bond acceptors (Lipinski definition) is 3. The van der Waals surface area contributed by atoms with Crippen molar-refractivity contribution in [3.05, 3.63) is 30.5 Å². The maximum Gasteiger partial charge on any atom is 0.128 e. The first-order valence-corrected chi connectivity index (χ1v) is 5.23. The van der Waals surface area contributed by atoms with Gasteiger partial charge in [0.1, 0.15) is 5.75 Å². The molecule has 0 spiro atoms. The van der Waals surface area contributed by atoms with E-state index in [1.807, 2.05) is 38.2 Å². The molecule has 1 aromatic carbocycles. The molecule has 4 nitrogen and oxygen atoms in total. The average molecular weight is 217 g/mol. The molecule has 0 fully saturated rings. The highest BCUT2D eigenvalue weighted by Crippen LogP contribution is 2.32. The molecule has 0 bridgehead atoms. The molecular formula is C12H15N3O. The van der Waals surface area contributed by atoms with E-state index in [1.165, 1.54) is 0 Å². The van der Waals surface area contributed by atoms with Gasteiger partial charge in [0.25, 0.3) is 0 Å². The minimum atomic E-state index is 0.634. The van der Waals surface area contributed by atoms with Crippen molar-refractivity contribution in [3.63, 3.8) is 0 Å². The molecule has 4 heteroatoms. The van der Waals surface area contributed by atoms with Crippen molar-refractivity contribution in [3.8, 4) is 17.0 Å². The number of ether oxygens (including phenoxy) is 1. The van der Waals surface area contributed by atoms with Crippen LogP contribution in [-0.4, -0.2) is 16.4 Å². The van der Waals surface area contributed by atoms with Crippen LogP contribution < -0.4 is 10.5 Å². The van der Waals surface area contributed by atoms with Gasteiger partial charge in [0.15, 0.2) is 0 Å². The van der Waals surface area contributed by atoms with Crippen LogP contribution in [-0.2, 0) is 7.05 Å². The lowest BCUT2D eigenvalue weighted by Crippen LogP contribution is -1.99. The van der Waals surface area contributed by atoms with E-state index < -0.39 is 0 Å². The van der Waals surface area contributed by atoms with Gasteiger partial charge in [-0.1, -0.05) is 12.1 Å². The minimum absolute atomic E-state index is 0.634. The van der Waals surface area contributed by atoms with Crippen LogP contribution in [0.4, 0.5) is 5.69 Å². The van der Waals surface area contributed by atoms with Crippen LogP contribution in [0, 0.1) is 0 Å². The predicted molar refractivity (Wildman–Crippen MR) is 64.2 cm³/mol. The molecule has 0 aliphatic heterocycles. The van der Waals surface area contributed by atoms with Gasteiger partial charge in [-0.05, 0) is 19.1 Å². The third-order valence-electron chi connectivity index (χ3n) is 2.41. The lowest BCUT2D eigenvalue weighted by Gasteiger charge is -2.10. The third-order valence-corrected chi connectivity index (χ3v) is 2.41. The number of nitrogens with two attached hydrogens (primary N) is 1. The zero-order chi connectivity index (χ0) is 11.5. The Morgan fingerprint density at radius 2 is 2.12 bits per heavy atom. The summed E-state index contributed by atoms with van der Waals surface area (Å²) in [6, 6.07) is 7.83. The van der Waals surface area contributed by atoms with Crippen LogP contribution in [0.3, 0.4) is 0 Å². The first kappa shape index (κ1) is 10.5. The number of anilines is 1. The van der Waals surface area contributed by atoms with Crippen LogP contribution >= 0.6 is 0 Å². The highest BCUT2D eigenvalue weighted by molar-refractivity contribution is 5.77.